The van der Waals surface area contributed by atoms with Crippen LogP contribution in [0.25, 0.3) is 0 Å². The van der Waals surface area contributed by atoms with Crippen LogP contribution < -0.4 is 14.7 Å². The highest BCUT2D eigenvalue weighted by Gasteiger charge is 2.21. The molecule has 0 aromatic heterocycles. The lowest BCUT2D eigenvalue weighted by Gasteiger charge is -2.36. The maximum Gasteiger partial charge on any atom is 0.228 e. The van der Waals surface area contributed by atoms with Gasteiger partial charge in [-0.15, -0.1) is 0 Å². The topological polar surface area (TPSA) is 72.9 Å². The zero-order chi connectivity index (χ0) is 14.5. The van der Waals surface area contributed by atoms with Gasteiger partial charge in [-0.25, -0.2) is 0 Å². The summed E-state index contributed by atoms with van der Waals surface area (Å²) in [6.07, 6.45) is -0.539. The van der Waals surface area contributed by atoms with Crippen molar-refractivity contribution in [3.8, 4) is 5.75 Å². The van der Waals surface area contributed by atoms with E-state index in [2.05, 4.69) is 4.90 Å². The van der Waals surface area contributed by atoms with Crippen molar-refractivity contribution in [1.82, 2.24) is 4.90 Å². The molecule has 0 unspecified atom stereocenters. The number of ether oxygens (including phenoxy) is 1. The Hall–Kier alpha value is -2.24. The number of nitrogens with zero attached hydrogens (tertiary/aromatic N) is 2. The largest absolute Gasteiger partial charge is 0.550 e. The predicted octanol–water partition coefficient (Wildman–Crippen LogP) is -0.516. The molecular formula is C14H17N2O4-. The molecule has 6 heteroatoms. The first-order valence-corrected chi connectivity index (χ1v) is 6.47. The molecule has 1 aromatic carbocycles. The number of carboxylic acid groups (broad SMARTS) is 1. The number of hydrogen-bond acceptors (Lipinski definition) is 5. The average molecular weight is 277 g/mol. The van der Waals surface area contributed by atoms with E-state index in [0.29, 0.717) is 26.2 Å². The molecule has 1 aromatic rings. The van der Waals surface area contributed by atoms with Crippen molar-refractivity contribution in [2.45, 2.75) is 6.42 Å². The molecule has 1 amide bonds. The van der Waals surface area contributed by atoms with Crippen molar-refractivity contribution < 1.29 is 19.4 Å². The number of amides is 1. The zero-order valence-electron chi connectivity index (χ0n) is 11.4. The van der Waals surface area contributed by atoms with E-state index in [4.69, 9.17) is 4.74 Å². The van der Waals surface area contributed by atoms with Crippen molar-refractivity contribution in [3.05, 3.63) is 24.3 Å². The highest BCUT2D eigenvalue weighted by molar-refractivity contribution is 5.92. The lowest BCUT2D eigenvalue weighted by molar-refractivity contribution is -0.304. The third-order valence-corrected chi connectivity index (χ3v) is 3.37. The highest BCUT2D eigenvalue weighted by atomic mass is 16.5. The molecule has 0 aliphatic carbocycles. The molecule has 0 N–H and O–H groups in total. The van der Waals surface area contributed by atoms with E-state index in [9.17, 15) is 14.7 Å². The molecule has 0 saturated carbocycles. The Morgan fingerprint density at radius 2 is 1.75 bits per heavy atom. The maximum absolute atomic E-state index is 11.6. The van der Waals surface area contributed by atoms with Gasteiger partial charge in [0.2, 0.25) is 5.91 Å². The van der Waals surface area contributed by atoms with Crippen molar-refractivity contribution >= 4 is 17.6 Å². The van der Waals surface area contributed by atoms with Crippen molar-refractivity contribution in [2.24, 2.45) is 0 Å². The summed E-state index contributed by atoms with van der Waals surface area (Å²) in [6.45, 7) is 2.42. The van der Waals surface area contributed by atoms with Crippen molar-refractivity contribution in [1.29, 1.82) is 0 Å². The second-order valence-corrected chi connectivity index (χ2v) is 4.61. The van der Waals surface area contributed by atoms with Crippen LogP contribution in [0.3, 0.4) is 0 Å². The molecule has 1 aliphatic rings. The van der Waals surface area contributed by atoms with E-state index >= 15 is 0 Å². The van der Waals surface area contributed by atoms with Crippen LogP contribution in [0.1, 0.15) is 6.42 Å². The fraction of sp³-hybridized carbons (Fsp3) is 0.429. The van der Waals surface area contributed by atoms with E-state index in [1.165, 1.54) is 0 Å². The van der Waals surface area contributed by atoms with Crippen LogP contribution in [0.15, 0.2) is 24.3 Å². The SMILES string of the molecule is COc1ccc(N2CCN(C(=O)CC(=O)[O-])CC2)cc1. The molecule has 1 fully saturated rings. The van der Waals surface area contributed by atoms with Crippen LogP contribution in [-0.4, -0.2) is 50.1 Å². The maximum atomic E-state index is 11.6. The smallest absolute Gasteiger partial charge is 0.228 e. The molecule has 1 heterocycles. The molecule has 1 saturated heterocycles. The van der Waals surface area contributed by atoms with E-state index in [-0.39, 0.29) is 5.91 Å². The Morgan fingerprint density at radius 1 is 1.15 bits per heavy atom. The number of rotatable bonds is 4. The minimum atomic E-state index is -1.33. The van der Waals surface area contributed by atoms with Gasteiger partial charge in [-0.2, -0.15) is 0 Å². The lowest BCUT2D eigenvalue weighted by atomic mass is 10.2. The highest BCUT2D eigenvalue weighted by Crippen LogP contribution is 2.20. The van der Waals surface area contributed by atoms with E-state index < -0.39 is 12.4 Å². The molecule has 0 radical (unpaired) electrons. The molecule has 1 aliphatic heterocycles. The Labute approximate surface area is 117 Å². The van der Waals surface area contributed by atoms with E-state index in [1.54, 1.807) is 12.0 Å². The summed E-state index contributed by atoms with van der Waals surface area (Å²) in [7, 11) is 1.62. The van der Waals surface area contributed by atoms with Crippen LogP contribution in [0.4, 0.5) is 5.69 Å². The number of benzene rings is 1. The molecule has 0 bridgehead atoms. The van der Waals surface area contributed by atoms with Crippen LogP contribution >= 0.6 is 0 Å². The van der Waals surface area contributed by atoms with Gasteiger partial charge in [0.15, 0.2) is 0 Å². The Kier molecular flexibility index (Phi) is 4.45. The fourth-order valence-electron chi connectivity index (χ4n) is 2.24. The molecule has 108 valence electrons. The first kappa shape index (κ1) is 14.2. The molecule has 0 spiro atoms. The summed E-state index contributed by atoms with van der Waals surface area (Å²) in [5, 5.41) is 10.4. The molecule has 20 heavy (non-hydrogen) atoms. The Bertz CT molecular complexity index is 478. The molecule has 2 rings (SSSR count). The van der Waals surface area contributed by atoms with Crippen molar-refractivity contribution in [2.75, 3.05) is 38.2 Å². The van der Waals surface area contributed by atoms with E-state index in [0.717, 1.165) is 11.4 Å². The average Bonchev–Trinajstić information content (AvgIpc) is 2.47. The predicted molar refractivity (Wildman–Crippen MR) is 71.4 cm³/mol. The monoisotopic (exact) mass is 277 g/mol. The van der Waals surface area contributed by atoms with Gasteiger partial charge in [0.1, 0.15) is 5.75 Å². The Morgan fingerprint density at radius 3 is 2.25 bits per heavy atom. The first-order chi connectivity index (χ1) is 9.60. The third kappa shape index (κ3) is 3.40. The van der Waals surface area contributed by atoms with Crippen LogP contribution in [0.5, 0.6) is 5.75 Å². The molecule has 6 nitrogen and oxygen atoms in total. The first-order valence-electron chi connectivity index (χ1n) is 6.47. The number of carbonyl (C=O) groups is 2. The number of anilines is 1. The van der Waals surface area contributed by atoms with Gasteiger partial charge in [-0.05, 0) is 24.3 Å². The number of carbonyl (C=O) groups excluding carboxylic acids is 2. The number of aliphatic carboxylic acids is 1. The minimum absolute atomic E-state index is 0.376. The van der Waals surface area contributed by atoms with Gasteiger partial charge in [0.25, 0.3) is 0 Å². The summed E-state index contributed by atoms with van der Waals surface area (Å²) in [5.74, 6) is -0.900. The number of methoxy groups -OCH3 is 1. The number of piperazine rings is 1. The fourth-order valence-corrected chi connectivity index (χ4v) is 2.24. The van der Waals surface area contributed by atoms with Gasteiger partial charge < -0.3 is 24.4 Å². The van der Waals surface area contributed by atoms with Crippen LogP contribution in [-0.2, 0) is 9.59 Å². The van der Waals surface area contributed by atoms with Crippen molar-refractivity contribution in [3.63, 3.8) is 0 Å². The quantitative estimate of drug-likeness (QED) is 0.693. The van der Waals surface area contributed by atoms with Crippen LogP contribution in [0.2, 0.25) is 0 Å². The standard InChI is InChI=1S/C14H18N2O4/c1-20-12-4-2-11(3-5-12)15-6-8-16(9-7-15)13(17)10-14(18)19/h2-5H,6-10H2,1H3,(H,18,19)/p-1. The van der Waals surface area contributed by atoms with E-state index in [1.807, 2.05) is 24.3 Å². The van der Waals surface area contributed by atoms with Gasteiger partial charge in [-0.1, -0.05) is 0 Å². The second-order valence-electron chi connectivity index (χ2n) is 4.61. The van der Waals surface area contributed by atoms with Gasteiger partial charge >= 0.3 is 0 Å². The summed E-state index contributed by atoms with van der Waals surface area (Å²) in [4.78, 5) is 25.7. The third-order valence-electron chi connectivity index (χ3n) is 3.37. The number of hydrogen-bond donors (Lipinski definition) is 0. The normalized spacial score (nSPS) is 15.1. The van der Waals surface area contributed by atoms with Gasteiger partial charge in [0.05, 0.1) is 19.5 Å². The summed E-state index contributed by atoms with van der Waals surface area (Å²) < 4.78 is 5.11. The molecular weight excluding hydrogens is 260 g/mol. The van der Waals surface area contributed by atoms with Crippen LogP contribution in [0, 0.1) is 0 Å². The molecule has 0 atom stereocenters. The summed E-state index contributed by atoms with van der Waals surface area (Å²) >= 11 is 0. The zero-order valence-corrected chi connectivity index (χ0v) is 11.4. The Balaban J connectivity index is 1.90. The second kappa shape index (κ2) is 6.27. The lowest BCUT2D eigenvalue weighted by Crippen LogP contribution is -2.49. The minimum Gasteiger partial charge on any atom is -0.550 e. The number of carboxylic acids is 1. The van der Waals surface area contributed by atoms with Gasteiger partial charge in [-0.3, -0.25) is 4.79 Å². The summed E-state index contributed by atoms with van der Waals surface area (Å²) in [6, 6.07) is 7.72. The van der Waals surface area contributed by atoms with Gasteiger partial charge in [0, 0.05) is 31.9 Å². The summed E-state index contributed by atoms with van der Waals surface area (Å²) in [5.41, 5.74) is 1.07.